The Kier molecular flexibility index (Phi) is 5.32. The molecule has 0 atom stereocenters. The van der Waals surface area contributed by atoms with E-state index in [2.05, 4.69) is 4.72 Å². The molecule has 130 valence electrons. The Balaban J connectivity index is 2.05. The monoisotopic (exact) mass is 431 g/mol. The first-order valence-corrected chi connectivity index (χ1v) is 10.6. The van der Waals surface area contributed by atoms with Gasteiger partial charge in [0.25, 0.3) is 10.0 Å². The molecule has 0 spiro atoms. The molecule has 3 rings (SSSR count). The number of thiophene rings is 1. The second-order valence-corrected chi connectivity index (χ2v) is 9.07. The van der Waals surface area contributed by atoms with E-state index in [1.165, 1.54) is 17.4 Å². The van der Waals surface area contributed by atoms with Crippen molar-refractivity contribution in [2.75, 3.05) is 4.72 Å². The molecule has 8 heteroatoms. The largest absolute Gasteiger partial charge is 0.278 e. The molecular formula is C17H12Cl3NO2S2. The van der Waals surface area contributed by atoms with Gasteiger partial charge < -0.3 is 0 Å². The first-order chi connectivity index (χ1) is 11.8. The maximum atomic E-state index is 12.9. The van der Waals surface area contributed by atoms with Crippen LogP contribution in [0.15, 0.2) is 52.7 Å². The van der Waals surface area contributed by atoms with E-state index < -0.39 is 10.0 Å². The molecule has 1 N–H and O–H groups in total. The highest BCUT2D eigenvalue weighted by atomic mass is 35.5. The first-order valence-electron chi connectivity index (χ1n) is 7.10. The van der Waals surface area contributed by atoms with Crippen LogP contribution in [0.1, 0.15) is 5.56 Å². The molecule has 1 aromatic heterocycles. The smallest absolute Gasteiger partial charge is 0.263 e. The Hall–Kier alpha value is -1.24. The molecule has 0 amide bonds. The van der Waals surface area contributed by atoms with E-state index in [-0.39, 0.29) is 9.92 Å². The van der Waals surface area contributed by atoms with Gasteiger partial charge in [-0.05, 0) is 42.1 Å². The van der Waals surface area contributed by atoms with Crippen molar-refractivity contribution in [3.8, 4) is 10.4 Å². The van der Waals surface area contributed by atoms with Crippen molar-refractivity contribution in [1.29, 1.82) is 0 Å². The van der Waals surface area contributed by atoms with Crippen LogP contribution in [-0.4, -0.2) is 8.42 Å². The van der Waals surface area contributed by atoms with Gasteiger partial charge in [-0.1, -0.05) is 53.0 Å². The Bertz CT molecular complexity index is 1020. The lowest BCUT2D eigenvalue weighted by Crippen LogP contribution is -2.15. The van der Waals surface area contributed by atoms with Crippen LogP contribution in [0, 0.1) is 6.92 Å². The fraction of sp³-hybridized carbons (Fsp3) is 0.0588. The molecule has 3 aromatic rings. The average molecular weight is 433 g/mol. The van der Waals surface area contributed by atoms with Crippen LogP contribution in [0.3, 0.4) is 0 Å². The fourth-order valence-electron chi connectivity index (χ4n) is 2.47. The van der Waals surface area contributed by atoms with Gasteiger partial charge >= 0.3 is 0 Å². The highest BCUT2D eigenvalue weighted by Gasteiger charge is 2.23. The molecule has 0 aliphatic heterocycles. The van der Waals surface area contributed by atoms with Crippen molar-refractivity contribution < 1.29 is 8.42 Å². The highest BCUT2D eigenvalue weighted by molar-refractivity contribution is 7.93. The summed E-state index contributed by atoms with van der Waals surface area (Å²) in [4.78, 5) is 0.742. The molecule has 3 nitrogen and oxygen atoms in total. The second kappa shape index (κ2) is 7.17. The van der Waals surface area contributed by atoms with E-state index in [1.807, 2.05) is 18.2 Å². The van der Waals surface area contributed by atoms with Gasteiger partial charge in [-0.15, -0.1) is 11.3 Å². The minimum Gasteiger partial charge on any atom is -0.278 e. The Morgan fingerprint density at radius 2 is 1.72 bits per heavy atom. The van der Waals surface area contributed by atoms with E-state index in [0.29, 0.717) is 21.3 Å². The van der Waals surface area contributed by atoms with E-state index in [9.17, 15) is 8.42 Å². The van der Waals surface area contributed by atoms with Crippen molar-refractivity contribution in [3.63, 3.8) is 0 Å². The van der Waals surface area contributed by atoms with Crippen LogP contribution in [-0.2, 0) is 10.0 Å². The number of anilines is 1. The van der Waals surface area contributed by atoms with Crippen LogP contribution in [0.5, 0.6) is 0 Å². The van der Waals surface area contributed by atoms with Gasteiger partial charge in [0.15, 0.2) is 0 Å². The molecule has 0 aliphatic carbocycles. The number of aryl methyl sites for hydroxylation is 1. The minimum atomic E-state index is -3.88. The Labute approximate surface area is 165 Å². The molecule has 0 aliphatic rings. The first kappa shape index (κ1) is 18.5. The summed E-state index contributed by atoms with van der Waals surface area (Å²) in [5.74, 6) is 0. The van der Waals surface area contributed by atoms with Gasteiger partial charge in [0.05, 0.1) is 15.6 Å². The number of hydrogen-bond donors (Lipinski definition) is 1. The maximum absolute atomic E-state index is 12.9. The van der Waals surface area contributed by atoms with E-state index in [1.54, 1.807) is 30.5 Å². The normalized spacial score (nSPS) is 11.5. The van der Waals surface area contributed by atoms with Crippen molar-refractivity contribution in [3.05, 3.63) is 68.5 Å². The number of benzene rings is 2. The van der Waals surface area contributed by atoms with Crippen molar-refractivity contribution in [1.82, 2.24) is 0 Å². The second-order valence-electron chi connectivity index (χ2n) is 5.28. The van der Waals surface area contributed by atoms with E-state index in [4.69, 9.17) is 34.8 Å². The number of nitrogens with one attached hydrogen (secondary N) is 1. The third-order valence-corrected chi connectivity index (χ3v) is 6.96. The zero-order valence-corrected chi connectivity index (χ0v) is 16.8. The number of sulfonamides is 1. The van der Waals surface area contributed by atoms with E-state index >= 15 is 0 Å². The molecule has 0 bridgehead atoms. The van der Waals surface area contributed by atoms with Crippen molar-refractivity contribution in [2.24, 2.45) is 0 Å². The van der Waals surface area contributed by atoms with Crippen molar-refractivity contribution in [2.45, 2.75) is 11.8 Å². The van der Waals surface area contributed by atoms with Crippen molar-refractivity contribution >= 4 is 61.9 Å². The summed E-state index contributed by atoms with van der Waals surface area (Å²) in [6.07, 6.45) is 0. The summed E-state index contributed by atoms with van der Waals surface area (Å²) in [6, 6.07) is 11.9. The van der Waals surface area contributed by atoms with Crippen LogP contribution in [0.25, 0.3) is 10.4 Å². The number of rotatable bonds is 4. The summed E-state index contributed by atoms with van der Waals surface area (Å²) in [5.41, 5.74) is 1.68. The fourth-order valence-corrected chi connectivity index (χ4v) is 5.97. The third-order valence-electron chi connectivity index (χ3n) is 3.49. The van der Waals surface area contributed by atoms with Gasteiger partial charge in [-0.25, -0.2) is 8.42 Å². The highest BCUT2D eigenvalue weighted by Crippen LogP contribution is 2.39. The molecule has 0 fully saturated rings. The minimum absolute atomic E-state index is 0.00914. The van der Waals surface area contributed by atoms with Gasteiger partial charge in [-0.3, -0.25) is 4.72 Å². The van der Waals surface area contributed by atoms with E-state index in [0.717, 1.165) is 10.4 Å². The molecule has 0 unspecified atom stereocenters. The van der Waals surface area contributed by atoms with Crippen LogP contribution in [0.4, 0.5) is 5.69 Å². The summed E-state index contributed by atoms with van der Waals surface area (Å²) in [7, 11) is -3.88. The van der Waals surface area contributed by atoms with Crippen LogP contribution < -0.4 is 4.72 Å². The standard InChI is InChI=1S/C17H12Cl3NO2S2/c1-10-8-11(18)9-14(20)17(10)25(22,23)21-15-6-7-24-16(15)12-4-2-3-5-13(12)19/h2-9,21H,1H3. The molecular weight excluding hydrogens is 421 g/mol. The Morgan fingerprint density at radius 3 is 2.40 bits per heavy atom. The summed E-state index contributed by atoms with van der Waals surface area (Å²) in [6.45, 7) is 1.65. The van der Waals surface area contributed by atoms with Crippen LogP contribution in [0.2, 0.25) is 15.1 Å². The summed E-state index contributed by atoms with van der Waals surface area (Å²) in [5, 5.41) is 2.80. The molecule has 1 heterocycles. The van der Waals surface area contributed by atoms with Gasteiger partial charge in [-0.2, -0.15) is 0 Å². The topological polar surface area (TPSA) is 46.2 Å². The molecule has 0 radical (unpaired) electrons. The predicted octanol–water partition coefficient (Wildman–Crippen LogP) is 6.48. The predicted molar refractivity (Wildman–Crippen MR) is 107 cm³/mol. The molecule has 0 saturated carbocycles. The lowest BCUT2D eigenvalue weighted by atomic mass is 10.2. The maximum Gasteiger partial charge on any atom is 0.263 e. The zero-order chi connectivity index (χ0) is 18.2. The zero-order valence-electron chi connectivity index (χ0n) is 12.9. The van der Waals surface area contributed by atoms with Crippen LogP contribution >= 0.6 is 46.1 Å². The SMILES string of the molecule is Cc1cc(Cl)cc(Cl)c1S(=O)(=O)Nc1ccsc1-c1ccccc1Cl. The lowest BCUT2D eigenvalue weighted by molar-refractivity contribution is 0.600. The lowest BCUT2D eigenvalue weighted by Gasteiger charge is -2.13. The molecule has 0 saturated heterocycles. The van der Waals surface area contributed by atoms with Gasteiger partial charge in [0, 0.05) is 15.6 Å². The average Bonchev–Trinajstić information content (AvgIpc) is 2.93. The number of hydrogen-bond acceptors (Lipinski definition) is 3. The third kappa shape index (κ3) is 3.81. The summed E-state index contributed by atoms with van der Waals surface area (Å²) < 4.78 is 28.3. The van der Waals surface area contributed by atoms with Gasteiger partial charge in [0.1, 0.15) is 4.90 Å². The molecule has 2 aromatic carbocycles. The number of halogens is 3. The summed E-state index contributed by atoms with van der Waals surface area (Å²) >= 11 is 19.7. The Morgan fingerprint density at radius 1 is 1.00 bits per heavy atom. The quantitative estimate of drug-likeness (QED) is 0.512. The molecule has 25 heavy (non-hydrogen) atoms. The van der Waals surface area contributed by atoms with Gasteiger partial charge in [0.2, 0.25) is 0 Å².